The van der Waals surface area contributed by atoms with Crippen LogP contribution in [0.25, 0.3) is 0 Å². The zero-order valence-corrected chi connectivity index (χ0v) is 11.2. The normalized spacial score (nSPS) is 10.1. The fourth-order valence-corrected chi connectivity index (χ4v) is 1.99. The Morgan fingerprint density at radius 2 is 1.62 bits per heavy atom. The molecule has 0 saturated heterocycles. The van der Waals surface area contributed by atoms with E-state index < -0.39 is 5.97 Å². The van der Waals surface area contributed by atoms with Crippen molar-refractivity contribution in [3.05, 3.63) is 59.7 Å². The van der Waals surface area contributed by atoms with Crippen LogP contribution in [0.5, 0.6) is 5.75 Å². The molecular weight excluding hydrogens is 270 g/mol. The third kappa shape index (κ3) is 4.65. The molecule has 0 radical (unpaired) electrons. The largest absolute Gasteiger partial charge is 0.508 e. The van der Waals surface area contributed by atoms with Crippen molar-refractivity contribution in [2.75, 3.05) is 5.32 Å². The van der Waals surface area contributed by atoms with Crippen LogP contribution in [0.3, 0.4) is 0 Å². The third-order valence-electron chi connectivity index (χ3n) is 2.84. The zero-order valence-electron chi connectivity index (χ0n) is 11.2. The monoisotopic (exact) mass is 285 g/mol. The number of aromatic hydroxyl groups is 1. The molecule has 1 amide bonds. The highest BCUT2D eigenvalue weighted by atomic mass is 16.4. The van der Waals surface area contributed by atoms with Crippen LogP contribution >= 0.6 is 0 Å². The van der Waals surface area contributed by atoms with Crippen LogP contribution in [-0.2, 0) is 22.4 Å². The number of phenolic OH excluding ortho intramolecular Hbond substituents is 1. The summed E-state index contributed by atoms with van der Waals surface area (Å²) < 4.78 is 0. The molecule has 0 atom stereocenters. The number of carboxylic acid groups (broad SMARTS) is 1. The highest BCUT2D eigenvalue weighted by Gasteiger charge is 2.06. The van der Waals surface area contributed by atoms with Gasteiger partial charge in [0.05, 0.1) is 12.8 Å². The summed E-state index contributed by atoms with van der Waals surface area (Å²) in [7, 11) is 0. The first-order valence-corrected chi connectivity index (χ1v) is 6.41. The van der Waals surface area contributed by atoms with Crippen molar-refractivity contribution in [1.82, 2.24) is 0 Å². The number of rotatable bonds is 5. The van der Waals surface area contributed by atoms with Gasteiger partial charge in [-0.15, -0.1) is 0 Å². The molecule has 0 fully saturated rings. The summed E-state index contributed by atoms with van der Waals surface area (Å²) in [6.45, 7) is 0. The molecule has 5 nitrogen and oxygen atoms in total. The number of hydrogen-bond acceptors (Lipinski definition) is 3. The molecule has 2 aromatic rings. The zero-order chi connectivity index (χ0) is 15.2. The molecule has 0 spiro atoms. The van der Waals surface area contributed by atoms with Crippen LogP contribution < -0.4 is 5.32 Å². The maximum absolute atomic E-state index is 11.9. The van der Waals surface area contributed by atoms with Crippen LogP contribution in [0.4, 0.5) is 5.69 Å². The Bertz CT molecular complexity index is 667. The van der Waals surface area contributed by atoms with Crippen LogP contribution in [-0.4, -0.2) is 22.1 Å². The standard InChI is InChI=1S/C16H15NO4/c18-14-6-2-4-12(8-14)9-15(19)17-13-5-1-3-11(7-13)10-16(20)21/h1-8,18H,9-10H2,(H,17,19)(H,20,21). The first-order valence-electron chi connectivity index (χ1n) is 6.41. The van der Waals surface area contributed by atoms with E-state index in [1.165, 1.54) is 12.1 Å². The van der Waals surface area contributed by atoms with Gasteiger partial charge in [-0.25, -0.2) is 0 Å². The number of hydrogen-bond donors (Lipinski definition) is 3. The van der Waals surface area contributed by atoms with Gasteiger partial charge in [-0.05, 0) is 35.4 Å². The number of anilines is 1. The predicted molar refractivity (Wildman–Crippen MR) is 78.2 cm³/mol. The molecule has 0 aliphatic rings. The van der Waals surface area contributed by atoms with E-state index in [9.17, 15) is 14.7 Å². The summed E-state index contributed by atoms with van der Waals surface area (Å²) in [5.41, 5.74) is 1.88. The second-order valence-corrected chi connectivity index (χ2v) is 4.67. The number of carbonyl (C=O) groups excluding carboxylic acids is 1. The first kappa shape index (κ1) is 14.6. The summed E-state index contributed by atoms with van der Waals surface area (Å²) in [5, 5.41) is 20.8. The Hall–Kier alpha value is -2.82. The van der Waals surface area contributed by atoms with Gasteiger partial charge in [0, 0.05) is 5.69 Å². The lowest BCUT2D eigenvalue weighted by Crippen LogP contribution is -2.14. The number of carbonyl (C=O) groups is 2. The SMILES string of the molecule is O=C(O)Cc1cccc(NC(=O)Cc2cccc(O)c2)c1. The van der Waals surface area contributed by atoms with Crippen molar-refractivity contribution in [1.29, 1.82) is 0 Å². The molecule has 21 heavy (non-hydrogen) atoms. The molecule has 0 bridgehead atoms. The van der Waals surface area contributed by atoms with Gasteiger partial charge in [-0.3, -0.25) is 9.59 Å². The number of amides is 1. The molecule has 0 aliphatic heterocycles. The molecule has 0 saturated carbocycles. The van der Waals surface area contributed by atoms with Gasteiger partial charge in [0.15, 0.2) is 0 Å². The minimum absolute atomic E-state index is 0.0870. The van der Waals surface area contributed by atoms with E-state index in [4.69, 9.17) is 5.11 Å². The fraction of sp³-hybridized carbons (Fsp3) is 0.125. The van der Waals surface area contributed by atoms with E-state index in [1.807, 2.05) is 0 Å². The summed E-state index contributed by atoms with van der Waals surface area (Å²) in [5.74, 6) is -1.03. The molecular formula is C16H15NO4. The average Bonchev–Trinajstić information content (AvgIpc) is 2.37. The number of aliphatic carboxylic acids is 1. The molecule has 0 heterocycles. The molecule has 108 valence electrons. The van der Waals surface area contributed by atoms with E-state index in [2.05, 4.69) is 5.32 Å². The van der Waals surface area contributed by atoms with Gasteiger partial charge in [0.1, 0.15) is 5.75 Å². The molecule has 0 aromatic heterocycles. The molecule has 0 aliphatic carbocycles. The van der Waals surface area contributed by atoms with Crippen LogP contribution in [0, 0.1) is 0 Å². The first-order chi connectivity index (χ1) is 10.0. The average molecular weight is 285 g/mol. The van der Waals surface area contributed by atoms with Crippen LogP contribution in [0.1, 0.15) is 11.1 Å². The van der Waals surface area contributed by atoms with E-state index in [1.54, 1.807) is 36.4 Å². The second-order valence-electron chi connectivity index (χ2n) is 4.67. The van der Waals surface area contributed by atoms with Crippen LogP contribution in [0.2, 0.25) is 0 Å². The van der Waals surface area contributed by atoms with Gasteiger partial charge < -0.3 is 15.5 Å². The van der Waals surface area contributed by atoms with Gasteiger partial charge in [0.25, 0.3) is 0 Å². The van der Waals surface area contributed by atoms with Gasteiger partial charge in [-0.2, -0.15) is 0 Å². The van der Waals surface area contributed by atoms with Crippen molar-refractivity contribution >= 4 is 17.6 Å². The summed E-state index contributed by atoms with van der Waals surface area (Å²) >= 11 is 0. The lowest BCUT2D eigenvalue weighted by atomic mass is 10.1. The minimum Gasteiger partial charge on any atom is -0.508 e. The second kappa shape index (κ2) is 6.56. The topological polar surface area (TPSA) is 86.6 Å². The predicted octanol–water partition coefficient (Wildman–Crippen LogP) is 2.20. The van der Waals surface area contributed by atoms with Gasteiger partial charge in [0.2, 0.25) is 5.91 Å². The number of nitrogens with one attached hydrogen (secondary N) is 1. The number of benzene rings is 2. The van der Waals surface area contributed by atoms with Crippen molar-refractivity contribution < 1.29 is 19.8 Å². The number of carboxylic acids is 1. The highest BCUT2D eigenvalue weighted by molar-refractivity contribution is 5.92. The maximum atomic E-state index is 11.9. The molecule has 0 unspecified atom stereocenters. The quantitative estimate of drug-likeness (QED) is 0.786. The van der Waals surface area contributed by atoms with Crippen molar-refractivity contribution in [2.24, 2.45) is 0 Å². The van der Waals surface area contributed by atoms with E-state index in [0.717, 1.165) is 0 Å². The molecule has 2 rings (SSSR count). The molecule has 3 N–H and O–H groups in total. The lowest BCUT2D eigenvalue weighted by molar-refractivity contribution is -0.136. The summed E-state index contributed by atoms with van der Waals surface area (Å²) in [6.07, 6.45) is 0.0494. The van der Waals surface area contributed by atoms with Gasteiger partial charge in [-0.1, -0.05) is 24.3 Å². The van der Waals surface area contributed by atoms with Crippen molar-refractivity contribution in [3.63, 3.8) is 0 Å². The Balaban J connectivity index is 2.01. The number of phenols is 1. The van der Waals surface area contributed by atoms with E-state index in [0.29, 0.717) is 16.8 Å². The van der Waals surface area contributed by atoms with Gasteiger partial charge >= 0.3 is 5.97 Å². The minimum atomic E-state index is -0.918. The smallest absolute Gasteiger partial charge is 0.307 e. The molecule has 5 heteroatoms. The Labute approximate surface area is 121 Å². The van der Waals surface area contributed by atoms with Crippen LogP contribution in [0.15, 0.2) is 48.5 Å². The third-order valence-corrected chi connectivity index (χ3v) is 2.84. The summed E-state index contributed by atoms with van der Waals surface area (Å²) in [6, 6.07) is 13.2. The molecule has 2 aromatic carbocycles. The highest BCUT2D eigenvalue weighted by Crippen LogP contribution is 2.14. The van der Waals surface area contributed by atoms with Crippen molar-refractivity contribution in [3.8, 4) is 5.75 Å². The van der Waals surface area contributed by atoms with E-state index in [-0.39, 0.29) is 24.5 Å². The lowest BCUT2D eigenvalue weighted by Gasteiger charge is -2.07. The maximum Gasteiger partial charge on any atom is 0.307 e. The Kier molecular flexibility index (Phi) is 4.56. The Morgan fingerprint density at radius 3 is 2.29 bits per heavy atom. The van der Waals surface area contributed by atoms with Crippen molar-refractivity contribution in [2.45, 2.75) is 12.8 Å². The Morgan fingerprint density at radius 1 is 0.952 bits per heavy atom. The van der Waals surface area contributed by atoms with E-state index >= 15 is 0 Å². The summed E-state index contributed by atoms with van der Waals surface area (Å²) in [4.78, 5) is 22.6. The fourth-order valence-electron chi connectivity index (χ4n) is 1.99.